The molecule has 1 saturated heterocycles. The Balaban J connectivity index is 2.07. The van der Waals surface area contributed by atoms with Crippen LogP contribution in [-0.4, -0.2) is 29.6 Å². The minimum absolute atomic E-state index is 0.231. The molecule has 1 N–H and O–H groups in total. The zero-order valence-electron chi connectivity index (χ0n) is 18.3. The zero-order chi connectivity index (χ0) is 20.3. The van der Waals surface area contributed by atoms with Crippen LogP contribution in [0, 0.1) is 6.92 Å². The van der Waals surface area contributed by atoms with E-state index in [1.807, 2.05) is 6.92 Å². The summed E-state index contributed by atoms with van der Waals surface area (Å²) in [6.45, 7) is 9.90. The van der Waals surface area contributed by atoms with Crippen molar-refractivity contribution in [1.82, 2.24) is 4.90 Å². The normalized spacial score (nSPS) is 19.1. The van der Waals surface area contributed by atoms with Gasteiger partial charge in [0.25, 0.3) is 0 Å². The number of aryl methyl sites for hydroxylation is 2. The molecule has 0 aromatic heterocycles. The average Bonchev–Trinajstić information content (AvgIpc) is 2.69. The third-order valence-corrected chi connectivity index (χ3v) is 6.59. The summed E-state index contributed by atoms with van der Waals surface area (Å²) in [6, 6.07) is 14.0. The lowest BCUT2D eigenvalue weighted by Crippen LogP contribution is -2.37. The van der Waals surface area contributed by atoms with E-state index >= 15 is 0 Å². The standard InChI is InChI=1S/C26H37NO/c1-6-20-10-9-11-21(15-20)24(17-23-12-7-8-13-27(23)5)25-16-22(18(2)3)14-19(4)26(25)28/h9-11,14-16,18,23-24,28H,6-8,12-13,17H2,1-5H3. The molecule has 1 fully saturated rings. The Bertz CT molecular complexity index is 795. The molecule has 2 unspecified atom stereocenters. The Hall–Kier alpha value is -1.80. The minimum Gasteiger partial charge on any atom is -0.507 e. The van der Waals surface area contributed by atoms with Crippen LogP contribution in [-0.2, 0) is 6.42 Å². The van der Waals surface area contributed by atoms with Crippen LogP contribution in [0.15, 0.2) is 36.4 Å². The highest BCUT2D eigenvalue weighted by molar-refractivity contribution is 5.49. The van der Waals surface area contributed by atoms with Gasteiger partial charge in [-0.2, -0.15) is 0 Å². The maximum atomic E-state index is 11.0. The first-order valence-corrected chi connectivity index (χ1v) is 11.0. The summed E-state index contributed by atoms with van der Waals surface area (Å²) < 4.78 is 0. The summed E-state index contributed by atoms with van der Waals surface area (Å²) in [4.78, 5) is 2.52. The molecule has 0 radical (unpaired) electrons. The molecule has 2 atom stereocenters. The minimum atomic E-state index is 0.231. The zero-order valence-corrected chi connectivity index (χ0v) is 18.3. The predicted molar refractivity (Wildman–Crippen MR) is 119 cm³/mol. The van der Waals surface area contributed by atoms with Crippen molar-refractivity contribution in [2.24, 2.45) is 0 Å². The van der Waals surface area contributed by atoms with Crippen molar-refractivity contribution in [3.8, 4) is 5.75 Å². The topological polar surface area (TPSA) is 23.5 Å². The number of rotatable bonds is 6. The number of benzene rings is 2. The van der Waals surface area contributed by atoms with Gasteiger partial charge in [-0.15, -0.1) is 0 Å². The van der Waals surface area contributed by atoms with E-state index in [0.717, 1.165) is 24.0 Å². The highest BCUT2D eigenvalue weighted by Crippen LogP contribution is 2.40. The molecular formula is C26H37NO. The smallest absolute Gasteiger partial charge is 0.122 e. The van der Waals surface area contributed by atoms with Crippen LogP contribution in [0.1, 0.15) is 86.1 Å². The van der Waals surface area contributed by atoms with Gasteiger partial charge in [-0.1, -0.05) is 63.6 Å². The molecular weight excluding hydrogens is 342 g/mol. The summed E-state index contributed by atoms with van der Waals surface area (Å²) in [5, 5.41) is 11.0. The fourth-order valence-corrected chi connectivity index (χ4v) is 4.62. The van der Waals surface area contributed by atoms with Crippen LogP contribution in [0.5, 0.6) is 5.75 Å². The van der Waals surface area contributed by atoms with Gasteiger partial charge in [0.2, 0.25) is 0 Å². The van der Waals surface area contributed by atoms with Crippen LogP contribution in [0.4, 0.5) is 0 Å². The number of likely N-dealkylation sites (tertiary alicyclic amines) is 1. The average molecular weight is 380 g/mol. The first-order chi connectivity index (χ1) is 13.4. The molecule has 2 aromatic rings. The van der Waals surface area contributed by atoms with Gasteiger partial charge >= 0.3 is 0 Å². The van der Waals surface area contributed by atoms with E-state index in [0.29, 0.717) is 17.7 Å². The number of phenolic OH excluding ortho intramolecular Hbond substituents is 1. The van der Waals surface area contributed by atoms with Crippen molar-refractivity contribution in [3.63, 3.8) is 0 Å². The van der Waals surface area contributed by atoms with Crippen molar-refractivity contribution >= 4 is 0 Å². The molecule has 3 rings (SSSR count). The number of hydrogen-bond acceptors (Lipinski definition) is 2. The van der Waals surface area contributed by atoms with Gasteiger partial charge in [-0.25, -0.2) is 0 Å². The molecule has 2 nitrogen and oxygen atoms in total. The molecule has 1 heterocycles. The summed E-state index contributed by atoms with van der Waals surface area (Å²) in [5.41, 5.74) is 6.13. The quantitative estimate of drug-likeness (QED) is 0.628. The molecule has 152 valence electrons. The van der Waals surface area contributed by atoms with Gasteiger partial charge in [0.15, 0.2) is 0 Å². The Labute approximate surface area is 171 Å². The molecule has 28 heavy (non-hydrogen) atoms. The molecule has 0 amide bonds. The Morgan fingerprint density at radius 1 is 1.11 bits per heavy atom. The van der Waals surface area contributed by atoms with E-state index in [9.17, 15) is 5.11 Å². The van der Waals surface area contributed by atoms with Gasteiger partial charge in [-0.3, -0.25) is 0 Å². The van der Waals surface area contributed by atoms with E-state index < -0.39 is 0 Å². The third-order valence-electron chi connectivity index (χ3n) is 6.59. The summed E-state index contributed by atoms with van der Waals surface area (Å²) in [5.74, 6) is 1.17. The van der Waals surface area contributed by atoms with Gasteiger partial charge in [0.1, 0.15) is 5.75 Å². The van der Waals surface area contributed by atoms with Crippen molar-refractivity contribution in [2.45, 2.75) is 77.7 Å². The Kier molecular flexibility index (Phi) is 6.82. The second-order valence-electron chi connectivity index (χ2n) is 8.95. The highest BCUT2D eigenvalue weighted by Gasteiger charge is 2.27. The van der Waals surface area contributed by atoms with Crippen LogP contribution < -0.4 is 0 Å². The lowest BCUT2D eigenvalue weighted by Gasteiger charge is -2.35. The molecule has 0 aliphatic carbocycles. The first kappa shape index (κ1) is 20.9. The SMILES string of the molecule is CCc1cccc(C(CC2CCCCN2C)c2cc(C(C)C)cc(C)c2O)c1. The lowest BCUT2D eigenvalue weighted by atomic mass is 9.80. The number of aromatic hydroxyl groups is 1. The summed E-state index contributed by atoms with van der Waals surface area (Å²) >= 11 is 0. The predicted octanol–water partition coefficient (Wildman–Crippen LogP) is 6.39. The van der Waals surface area contributed by atoms with Gasteiger partial charge in [-0.05, 0) is 74.4 Å². The number of piperidine rings is 1. The van der Waals surface area contributed by atoms with Crippen LogP contribution >= 0.6 is 0 Å². The highest BCUT2D eigenvalue weighted by atomic mass is 16.3. The van der Waals surface area contributed by atoms with Gasteiger partial charge < -0.3 is 10.0 Å². The molecule has 0 spiro atoms. The molecule has 0 saturated carbocycles. The molecule has 1 aliphatic heterocycles. The second-order valence-corrected chi connectivity index (χ2v) is 8.95. The van der Waals surface area contributed by atoms with Crippen LogP contribution in [0.2, 0.25) is 0 Å². The van der Waals surface area contributed by atoms with Crippen molar-refractivity contribution in [1.29, 1.82) is 0 Å². The van der Waals surface area contributed by atoms with Crippen molar-refractivity contribution < 1.29 is 5.11 Å². The molecule has 2 heteroatoms. The Morgan fingerprint density at radius 2 is 1.89 bits per heavy atom. The molecule has 0 bridgehead atoms. The van der Waals surface area contributed by atoms with E-state index in [2.05, 4.69) is 69.1 Å². The van der Waals surface area contributed by atoms with E-state index in [1.165, 1.54) is 42.5 Å². The van der Waals surface area contributed by atoms with E-state index in [4.69, 9.17) is 0 Å². The third kappa shape index (κ3) is 4.60. The second kappa shape index (κ2) is 9.13. The number of phenols is 1. The fourth-order valence-electron chi connectivity index (χ4n) is 4.62. The van der Waals surface area contributed by atoms with Crippen molar-refractivity contribution in [2.75, 3.05) is 13.6 Å². The summed E-state index contributed by atoms with van der Waals surface area (Å²) in [7, 11) is 2.26. The molecule has 1 aliphatic rings. The van der Waals surface area contributed by atoms with Crippen LogP contribution in [0.3, 0.4) is 0 Å². The van der Waals surface area contributed by atoms with Crippen molar-refractivity contribution in [3.05, 3.63) is 64.2 Å². The first-order valence-electron chi connectivity index (χ1n) is 11.0. The largest absolute Gasteiger partial charge is 0.507 e. The number of hydrogen-bond donors (Lipinski definition) is 1. The maximum absolute atomic E-state index is 11.0. The maximum Gasteiger partial charge on any atom is 0.122 e. The van der Waals surface area contributed by atoms with Gasteiger partial charge in [0.05, 0.1) is 0 Å². The number of nitrogens with zero attached hydrogens (tertiary/aromatic N) is 1. The lowest BCUT2D eigenvalue weighted by molar-refractivity contribution is 0.171. The fraction of sp³-hybridized carbons (Fsp3) is 0.538. The van der Waals surface area contributed by atoms with E-state index in [-0.39, 0.29) is 5.92 Å². The molecule has 2 aromatic carbocycles. The summed E-state index contributed by atoms with van der Waals surface area (Å²) in [6.07, 6.45) is 5.98. The Morgan fingerprint density at radius 3 is 2.57 bits per heavy atom. The monoisotopic (exact) mass is 379 g/mol. The van der Waals surface area contributed by atoms with Crippen LogP contribution in [0.25, 0.3) is 0 Å². The van der Waals surface area contributed by atoms with Gasteiger partial charge in [0, 0.05) is 17.5 Å². The van der Waals surface area contributed by atoms with E-state index in [1.54, 1.807) is 0 Å².